The van der Waals surface area contributed by atoms with E-state index in [-0.39, 0.29) is 5.69 Å². The van der Waals surface area contributed by atoms with Crippen molar-refractivity contribution in [2.24, 2.45) is 0 Å². The summed E-state index contributed by atoms with van der Waals surface area (Å²) in [6.07, 6.45) is 4.43. The van der Waals surface area contributed by atoms with Gasteiger partial charge < -0.3 is 0 Å². The average Bonchev–Trinajstić information content (AvgIpc) is 3.38. The summed E-state index contributed by atoms with van der Waals surface area (Å²) in [6, 6.07) is 8.18. The van der Waals surface area contributed by atoms with E-state index in [1.54, 1.807) is 17.4 Å². The molecule has 0 aliphatic heterocycles. The molecule has 0 bridgehead atoms. The highest BCUT2D eigenvalue weighted by atomic mass is 32.2. The van der Waals surface area contributed by atoms with Crippen molar-refractivity contribution in [3.63, 3.8) is 0 Å². The third kappa shape index (κ3) is 3.36. The summed E-state index contributed by atoms with van der Waals surface area (Å²) in [5.74, 6) is 1.18. The van der Waals surface area contributed by atoms with Crippen LogP contribution in [0, 0.1) is 10.1 Å². The molecule has 0 saturated carbocycles. The quantitative estimate of drug-likeness (QED) is 0.200. The number of thiophene rings is 1. The Kier molecular flexibility index (Phi) is 4.73. The van der Waals surface area contributed by atoms with Gasteiger partial charge >= 0.3 is 5.69 Å². The molecule has 0 N–H and O–H groups in total. The maximum absolute atomic E-state index is 10.8. The number of aromatic nitrogens is 5. The zero-order valence-corrected chi connectivity index (χ0v) is 15.7. The zero-order chi connectivity index (χ0) is 18.8. The van der Waals surface area contributed by atoms with Gasteiger partial charge in [-0.05, 0) is 6.07 Å². The summed E-state index contributed by atoms with van der Waals surface area (Å²) in [4.78, 5) is 10.3. The van der Waals surface area contributed by atoms with Gasteiger partial charge in [-0.15, -0.1) is 28.1 Å². The van der Waals surface area contributed by atoms with Gasteiger partial charge in [0.05, 0.1) is 10.8 Å². The van der Waals surface area contributed by atoms with E-state index in [9.17, 15) is 10.1 Å². The first kappa shape index (κ1) is 17.4. The van der Waals surface area contributed by atoms with Gasteiger partial charge in [0.1, 0.15) is 12.4 Å². The maximum Gasteiger partial charge on any atom is 0.307 e. The highest BCUT2D eigenvalue weighted by Crippen LogP contribution is 2.34. The molecular formula is C17H14N6O2S2. The Morgan fingerprint density at radius 2 is 2.19 bits per heavy atom. The molecule has 4 aromatic rings. The summed E-state index contributed by atoms with van der Waals surface area (Å²) in [6.45, 7) is 4.39. The van der Waals surface area contributed by atoms with E-state index < -0.39 is 4.92 Å². The van der Waals surface area contributed by atoms with Crippen LogP contribution in [0.5, 0.6) is 0 Å². The number of rotatable bonds is 7. The fourth-order valence-corrected chi connectivity index (χ4v) is 4.42. The molecule has 0 radical (unpaired) electrons. The first-order valence-corrected chi connectivity index (χ1v) is 9.84. The minimum Gasteiger partial charge on any atom is -0.298 e. The van der Waals surface area contributed by atoms with Crippen LogP contribution in [0.1, 0.15) is 0 Å². The molecule has 136 valence electrons. The Balaban J connectivity index is 1.64. The molecule has 0 unspecified atom stereocenters. The van der Waals surface area contributed by atoms with Gasteiger partial charge in [-0.2, -0.15) is 5.10 Å². The molecule has 4 rings (SSSR count). The number of fused-ring (bicyclic) bond motifs is 1. The lowest BCUT2D eigenvalue weighted by atomic mass is 10.1. The fourth-order valence-electron chi connectivity index (χ4n) is 2.68. The van der Waals surface area contributed by atoms with Crippen molar-refractivity contribution in [1.82, 2.24) is 24.5 Å². The second kappa shape index (κ2) is 7.33. The van der Waals surface area contributed by atoms with Crippen LogP contribution in [0.2, 0.25) is 0 Å². The van der Waals surface area contributed by atoms with Crippen molar-refractivity contribution < 1.29 is 4.92 Å². The topological polar surface area (TPSA) is 91.7 Å². The van der Waals surface area contributed by atoms with Crippen LogP contribution in [-0.2, 0) is 12.4 Å². The fraction of sp³-hybridized carbons (Fsp3) is 0.118. The normalized spacial score (nSPS) is 11.1. The Hall–Kier alpha value is -2.98. The van der Waals surface area contributed by atoms with E-state index in [0.717, 1.165) is 16.8 Å². The zero-order valence-electron chi connectivity index (χ0n) is 14.1. The lowest BCUT2D eigenvalue weighted by Gasteiger charge is -2.07. The second-order valence-electron chi connectivity index (χ2n) is 5.62. The summed E-state index contributed by atoms with van der Waals surface area (Å²) in [7, 11) is 0. The third-order valence-electron chi connectivity index (χ3n) is 3.91. The van der Waals surface area contributed by atoms with Crippen LogP contribution >= 0.6 is 23.1 Å². The lowest BCUT2D eigenvalue weighted by molar-refractivity contribution is -0.385. The molecule has 1 aromatic carbocycles. The van der Waals surface area contributed by atoms with Gasteiger partial charge in [0, 0.05) is 27.6 Å². The number of thioether (sulfide) groups is 1. The summed E-state index contributed by atoms with van der Waals surface area (Å²) in [5, 5.41) is 27.4. The monoisotopic (exact) mass is 398 g/mol. The standard InChI is InChI=1S/C17H14N6O2S2/c1-2-7-22-16(14-10-26-15-6-4-3-5-13(14)15)19-20-17(22)27-11-21-9-12(8-18-21)23(24)25/h2-6,8-10H,1,7,11H2. The molecule has 0 atom stereocenters. The Morgan fingerprint density at radius 1 is 1.33 bits per heavy atom. The minimum atomic E-state index is -0.464. The third-order valence-corrected chi connectivity index (χ3v) is 5.82. The summed E-state index contributed by atoms with van der Waals surface area (Å²) in [5.41, 5.74) is 1.00. The van der Waals surface area contributed by atoms with Crippen molar-refractivity contribution in [1.29, 1.82) is 0 Å². The van der Waals surface area contributed by atoms with E-state index in [2.05, 4.69) is 39.4 Å². The van der Waals surface area contributed by atoms with Gasteiger partial charge in [0.2, 0.25) is 0 Å². The minimum absolute atomic E-state index is 0.0337. The first-order chi connectivity index (χ1) is 13.2. The Bertz CT molecular complexity index is 1130. The van der Waals surface area contributed by atoms with E-state index >= 15 is 0 Å². The average molecular weight is 398 g/mol. The molecule has 0 fully saturated rings. The van der Waals surface area contributed by atoms with E-state index in [4.69, 9.17) is 0 Å². The molecule has 3 heterocycles. The SMILES string of the molecule is C=CCn1c(SCn2cc([N+](=O)[O-])cn2)nnc1-c1csc2ccccc12. The molecule has 8 nitrogen and oxygen atoms in total. The summed E-state index contributed by atoms with van der Waals surface area (Å²) >= 11 is 3.08. The maximum atomic E-state index is 10.8. The van der Waals surface area contributed by atoms with Crippen molar-refractivity contribution in [2.45, 2.75) is 17.6 Å². The van der Waals surface area contributed by atoms with Crippen molar-refractivity contribution in [3.8, 4) is 11.4 Å². The Morgan fingerprint density at radius 3 is 2.96 bits per heavy atom. The number of benzene rings is 1. The predicted octanol–water partition coefficient (Wildman–Crippen LogP) is 4.20. The van der Waals surface area contributed by atoms with E-state index in [1.165, 1.54) is 33.5 Å². The first-order valence-electron chi connectivity index (χ1n) is 7.97. The molecule has 0 spiro atoms. The molecule has 0 aliphatic carbocycles. The largest absolute Gasteiger partial charge is 0.307 e. The molecule has 0 amide bonds. The van der Waals surface area contributed by atoms with Crippen LogP contribution < -0.4 is 0 Å². The number of nitro groups is 1. The lowest BCUT2D eigenvalue weighted by Crippen LogP contribution is -2.02. The molecule has 10 heteroatoms. The van der Waals surface area contributed by atoms with Crippen LogP contribution in [0.15, 0.2) is 59.9 Å². The second-order valence-corrected chi connectivity index (χ2v) is 7.44. The van der Waals surface area contributed by atoms with Gasteiger partial charge in [0.25, 0.3) is 0 Å². The smallest absolute Gasteiger partial charge is 0.298 e. The van der Waals surface area contributed by atoms with E-state index in [1.807, 2.05) is 16.7 Å². The summed E-state index contributed by atoms with van der Waals surface area (Å²) < 4.78 is 4.69. The van der Waals surface area contributed by atoms with Gasteiger partial charge in [-0.25, -0.2) is 0 Å². The Labute approximate surface area is 162 Å². The van der Waals surface area contributed by atoms with Crippen LogP contribution in [0.25, 0.3) is 21.5 Å². The van der Waals surface area contributed by atoms with Crippen molar-refractivity contribution in [3.05, 3.63) is 64.8 Å². The van der Waals surface area contributed by atoms with Crippen molar-refractivity contribution >= 4 is 38.9 Å². The highest BCUT2D eigenvalue weighted by molar-refractivity contribution is 7.98. The molecule has 0 aliphatic rings. The number of hydrogen-bond donors (Lipinski definition) is 0. The number of allylic oxidation sites excluding steroid dienone is 1. The molecule has 27 heavy (non-hydrogen) atoms. The van der Waals surface area contributed by atoms with Crippen molar-refractivity contribution in [2.75, 3.05) is 0 Å². The molecular weight excluding hydrogens is 384 g/mol. The number of hydrogen-bond acceptors (Lipinski definition) is 7. The molecule has 0 saturated heterocycles. The predicted molar refractivity (Wildman–Crippen MR) is 106 cm³/mol. The van der Waals surface area contributed by atoms with Gasteiger partial charge in [0.15, 0.2) is 11.0 Å². The van der Waals surface area contributed by atoms with Crippen LogP contribution in [0.3, 0.4) is 0 Å². The van der Waals surface area contributed by atoms with Crippen LogP contribution in [0.4, 0.5) is 5.69 Å². The highest BCUT2D eigenvalue weighted by Gasteiger charge is 2.17. The van der Waals surface area contributed by atoms with Gasteiger partial charge in [-0.1, -0.05) is 36.0 Å². The number of nitrogens with zero attached hydrogens (tertiary/aromatic N) is 6. The molecule has 3 aromatic heterocycles. The van der Waals surface area contributed by atoms with E-state index in [0.29, 0.717) is 17.6 Å². The van der Waals surface area contributed by atoms with Gasteiger partial charge in [-0.3, -0.25) is 19.4 Å². The van der Waals surface area contributed by atoms with Crippen LogP contribution in [-0.4, -0.2) is 29.5 Å².